The van der Waals surface area contributed by atoms with Crippen LogP contribution in [0, 0.1) is 0 Å². The Balaban J connectivity index is 2.40. The van der Waals surface area contributed by atoms with E-state index in [0.29, 0.717) is 17.5 Å². The lowest BCUT2D eigenvalue weighted by atomic mass is 10.2. The third-order valence-corrected chi connectivity index (χ3v) is 3.17. The third-order valence-electron chi connectivity index (χ3n) is 1.73. The summed E-state index contributed by atoms with van der Waals surface area (Å²) in [7, 11) is 0. The van der Waals surface area contributed by atoms with Gasteiger partial charge in [-0.3, -0.25) is 0 Å². The Morgan fingerprint density at radius 2 is 2.43 bits per heavy atom. The van der Waals surface area contributed by atoms with E-state index in [2.05, 4.69) is 30.7 Å². The summed E-state index contributed by atoms with van der Waals surface area (Å²) in [5, 5.41) is 4.90. The van der Waals surface area contributed by atoms with Gasteiger partial charge in [0.15, 0.2) is 0 Å². The van der Waals surface area contributed by atoms with Crippen LogP contribution in [-0.4, -0.2) is 11.5 Å². The van der Waals surface area contributed by atoms with Gasteiger partial charge in [-0.2, -0.15) is 0 Å². The first-order valence-corrected chi connectivity index (χ1v) is 5.77. The summed E-state index contributed by atoms with van der Waals surface area (Å²) in [6, 6.07) is 0. The van der Waals surface area contributed by atoms with Crippen LogP contribution in [0.4, 0.5) is 0 Å². The van der Waals surface area contributed by atoms with E-state index < -0.39 is 0 Å². The maximum absolute atomic E-state index is 5.63. The van der Waals surface area contributed by atoms with Gasteiger partial charge in [-0.1, -0.05) is 32.0 Å². The molecule has 2 nitrogen and oxygen atoms in total. The van der Waals surface area contributed by atoms with Crippen molar-refractivity contribution < 1.29 is 0 Å². The standard InChI is InChI=1S/C10H15ClN2S/c1-7(2)9-5-13-10(14-9)6-12-4-8(3)11/h5,7,12H,3-4,6H2,1-2H3. The van der Waals surface area contributed by atoms with Gasteiger partial charge < -0.3 is 5.32 Å². The van der Waals surface area contributed by atoms with Crippen molar-refractivity contribution in [1.82, 2.24) is 10.3 Å². The number of thiazole rings is 1. The maximum Gasteiger partial charge on any atom is 0.107 e. The molecule has 0 unspecified atom stereocenters. The van der Waals surface area contributed by atoms with Crippen LogP contribution in [0.5, 0.6) is 0 Å². The number of nitrogens with zero attached hydrogens (tertiary/aromatic N) is 1. The van der Waals surface area contributed by atoms with Crippen molar-refractivity contribution in [2.24, 2.45) is 0 Å². The summed E-state index contributed by atoms with van der Waals surface area (Å²) in [4.78, 5) is 5.64. The smallest absolute Gasteiger partial charge is 0.107 e. The Bertz CT molecular complexity index is 307. The lowest BCUT2D eigenvalue weighted by Crippen LogP contribution is -2.14. The van der Waals surface area contributed by atoms with E-state index in [1.807, 2.05) is 6.20 Å². The highest BCUT2D eigenvalue weighted by Gasteiger charge is 2.04. The number of halogens is 1. The minimum atomic E-state index is 0.559. The quantitative estimate of drug-likeness (QED) is 0.841. The van der Waals surface area contributed by atoms with E-state index in [0.717, 1.165) is 11.6 Å². The molecule has 0 radical (unpaired) electrons. The predicted molar refractivity (Wildman–Crippen MR) is 62.9 cm³/mol. The molecule has 1 N–H and O–H groups in total. The van der Waals surface area contributed by atoms with Gasteiger partial charge in [0.25, 0.3) is 0 Å². The lowest BCUT2D eigenvalue weighted by molar-refractivity contribution is 0.749. The van der Waals surface area contributed by atoms with Crippen LogP contribution in [0.3, 0.4) is 0 Å². The summed E-state index contributed by atoms with van der Waals surface area (Å²) in [6.07, 6.45) is 1.95. The summed E-state index contributed by atoms with van der Waals surface area (Å²) >= 11 is 7.37. The van der Waals surface area contributed by atoms with Crippen LogP contribution in [-0.2, 0) is 6.54 Å². The first kappa shape index (κ1) is 11.7. The van der Waals surface area contributed by atoms with E-state index in [1.54, 1.807) is 11.3 Å². The Kier molecular flexibility index (Phi) is 4.58. The molecule has 0 aliphatic rings. The number of hydrogen-bond donors (Lipinski definition) is 1. The highest BCUT2D eigenvalue weighted by molar-refractivity contribution is 7.11. The molecule has 0 saturated heterocycles. The Labute approximate surface area is 94.0 Å². The molecular formula is C10H15ClN2S. The van der Waals surface area contributed by atoms with Gasteiger partial charge in [0.05, 0.1) is 0 Å². The van der Waals surface area contributed by atoms with Crippen molar-refractivity contribution in [1.29, 1.82) is 0 Å². The van der Waals surface area contributed by atoms with Gasteiger partial charge in [0, 0.05) is 29.2 Å². The largest absolute Gasteiger partial charge is 0.305 e. The summed E-state index contributed by atoms with van der Waals surface area (Å²) in [6.45, 7) is 9.35. The molecule has 78 valence electrons. The van der Waals surface area contributed by atoms with Crippen LogP contribution < -0.4 is 5.32 Å². The fourth-order valence-electron chi connectivity index (χ4n) is 0.978. The van der Waals surface area contributed by atoms with Crippen LogP contribution in [0.25, 0.3) is 0 Å². The summed E-state index contributed by atoms with van der Waals surface area (Å²) < 4.78 is 0. The van der Waals surface area contributed by atoms with Crippen LogP contribution >= 0.6 is 22.9 Å². The van der Waals surface area contributed by atoms with Crippen molar-refractivity contribution in [2.45, 2.75) is 26.3 Å². The van der Waals surface area contributed by atoms with Gasteiger partial charge in [-0.25, -0.2) is 4.98 Å². The SMILES string of the molecule is C=C(Cl)CNCc1ncc(C(C)C)s1. The highest BCUT2D eigenvalue weighted by atomic mass is 35.5. The van der Waals surface area contributed by atoms with Crippen molar-refractivity contribution in [3.8, 4) is 0 Å². The average molecular weight is 231 g/mol. The molecule has 0 aromatic carbocycles. The molecule has 0 spiro atoms. The second-order valence-corrected chi connectivity index (χ2v) is 5.11. The zero-order chi connectivity index (χ0) is 10.6. The third kappa shape index (κ3) is 3.78. The van der Waals surface area contributed by atoms with Crippen LogP contribution in [0.1, 0.15) is 29.7 Å². The van der Waals surface area contributed by atoms with Gasteiger partial charge in [0.2, 0.25) is 0 Å². The highest BCUT2D eigenvalue weighted by Crippen LogP contribution is 2.21. The molecule has 1 aromatic rings. The zero-order valence-electron chi connectivity index (χ0n) is 8.51. The monoisotopic (exact) mass is 230 g/mol. The molecule has 0 bridgehead atoms. The molecule has 0 aliphatic carbocycles. The summed E-state index contributed by atoms with van der Waals surface area (Å²) in [5.41, 5.74) is 0. The van der Waals surface area contributed by atoms with Crippen LogP contribution in [0.2, 0.25) is 0 Å². The van der Waals surface area contributed by atoms with E-state index >= 15 is 0 Å². The molecule has 0 fully saturated rings. The predicted octanol–water partition coefficient (Wildman–Crippen LogP) is 3.11. The zero-order valence-corrected chi connectivity index (χ0v) is 10.1. The van der Waals surface area contributed by atoms with Crippen molar-refractivity contribution >= 4 is 22.9 Å². The first-order chi connectivity index (χ1) is 6.59. The topological polar surface area (TPSA) is 24.9 Å². The second-order valence-electron chi connectivity index (χ2n) is 3.43. The Hall–Kier alpha value is -0.380. The van der Waals surface area contributed by atoms with Crippen LogP contribution in [0.15, 0.2) is 17.8 Å². The molecule has 4 heteroatoms. The number of nitrogens with one attached hydrogen (secondary N) is 1. The van der Waals surface area contributed by atoms with E-state index in [-0.39, 0.29) is 0 Å². The van der Waals surface area contributed by atoms with Gasteiger partial charge in [0.1, 0.15) is 5.01 Å². The number of rotatable bonds is 5. The minimum absolute atomic E-state index is 0.559. The Morgan fingerprint density at radius 3 is 2.93 bits per heavy atom. The molecule has 1 aromatic heterocycles. The molecule has 1 heterocycles. The molecule has 0 aliphatic heterocycles. The van der Waals surface area contributed by atoms with E-state index in [4.69, 9.17) is 11.6 Å². The Morgan fingerprint density at radius 1 is 1.71 bits per heavy atom. The van der Waals surface area contributed by atoms with Crippen molar-refractivity contribution in [3.05, 3.63) is 27.7 Å². The molecule has 0 amide bonds. The van der Waals surface area contributed by atoms with Gasteiger partial charge in [-0.15, -0.1) is 11.3 Å². The molecule has 14 heavy (non-hydrogen) atoms. The molecule has 1 rings (SSSR count). The van der Waals surface area contributed by atoms with Gasteiger partial charge in [-0.05, 0) is 5.92 Å². The summed E-state index contributed by atoms with van der Waals surface area (Å²) in [5.74, 6) is 0.559. The molecule has 0 saturated carbocycles. The normalized spacial score (nSPS) is 10.9. The lowest BCUT2D eigenvalue weighted by Gasteiger charge is -1.99. The second kappa shape index (κ2) is 5.49. The van der Waals surface area contributed by atoms with Crippen molar-refractivity contribution in [3.63, 3.8) is 0 Å². The number of hydrogen-bond acceptors (Lipinski definition) is 3. The molecule has 0 atom stereocenters. The fourth-order valence-corrected chi connectivity index (χ4v) is 1.97. The first-order valence-electron chi connectivity index (χ1n) is 4.58. The minimum Gasteiger partial charge on any atom is -0.305 e. The average Bonchev–Trinajstić information content (AvgIpc) is 2.52. The van der Waals surface area contributed by atoms with E-state index in [1.165, 1.54) is 4.88 Å². The van der Waals surface area contributed by atoms with E-state index in [9.17, 15) is 0 Å². The molecular weight excluding hydrogens is 216 g/mol. The number of aromatic nitrogens is 1. The fraction of sp³-hybridized carbons (Fsp3) is 0.500. The van der Waals surface area contributed by atoms with Gasteiger partial charge >= 0.3 is 0 Å². The van der Waals surface area contributed by atoms with Crippen molar-refractivity contribution in [2.75, 3.05) is 6.54 Å². The maximum atomic E-state index is 5.63.